The molecule has 1 heterocycles. The summed E-state index contributed by atoms with van der Waals surface area (Å²) in [6.45, 7) is 3.97. The van der Waals surface area contributed by atoms with Crippen LogP contribution in [0.2, 0.25) is 0 Å². The van der Waals surface area contributed by atoms with Gasteiger partial charge in [0.05, 0.1) is 10.9 Å². The summed E-state index contributed by atoms with van der Waals surface area (Å²) >= 11 is 0. The van der Waals surface area contributed by atoms with Crippen LogP contribution in [0.5, 0.6) is 0 Å². The van der Waals surface area contributed by atoms with Gasteiger partial charge in [0.1, 0.15) is 0 Å². The largest absolute Gasteiger partial charge is 0.338 e. The van der Waals surface area contributed by atoms with Gasteiger partial charge in [0, 0.05) is 12.2 Å². The first-order valence-corrected chi connectivity index (χ1v) is 8.83. The van der Waals surface area contributed by atoms with Gasteiger partial charge < -0.3 is 0 Å². The number of urea groups is 1. The van der Waals surface area contributed by atoms with E-state index in [0.29, 0.717) is 12.2 Å². The molecule has 1 aliphatic heterocycles. The van der Waals surface area contributed by atoms with E-state index in [-0.39, 0.29) is 4.90 Å². The fraction of sp³-hybridized carbons (Fsp3) is 0.235. The fourth-order valence-corrected chi connectivity index (χ4v) is 4.26. The molecule has 1 saturated heterocycles. The Morgan fingerprint density at radius 2 is 1.61 bits per heavy atom. The van der Waals surface area contributed by atoms with Crippen LogP contribution in [-0.2, 0) is 10.0 Å². The van der Waals surface area contributed by atoms with Crippen LogP contribution in [0.15, 0.2) is 59.5 Å². The van der Waals surface area contributed by atoms with Gasteiger partial charge in [-0.2, -0.15) is 0 Å². The minimum absolute atomic E-state index is 0.137. The molecule has 1 aliphatic rings. The summed E-state index contributed by atoms with van der Waals surface area (Å²) in [5, 5.41) is 0. The van der Waals surface area contributed by atoms with Crippen LogP contribution in [-0.4, -0.2) is 31.3 Å². The second-order valence-corrected chi connectivity index (χ2v) is 7.51. The molecule has 5 nitrogen and oxygen atoms in total. The van der Waals surface area contributed by atoms with Crippen LogP contribution >= 0.6 is 0 Å². The van der Waals surface area contributed by atoms with E-state index in [4.69, 9.17) is 0 Å². The molecule has 1 fully saturated rings. The van der Waals surface area contributed by atoms with Crippen molar-refractivity contribution in [2.24, 2.45) is 0 Å². The Bertz CT molecular complexity index is 817. The highest BCUT2D eigenvalue weighted by Gasteiger charge is 2.43. The number of para-hydroxylation sites is 1. The molecule has 2 amide bonds. The Hall–Kier alpha value is -2.34. The molecular formula is C17H18N2O3S. The van der Waals surface area contributed by atoms with Crippen molar-refractivity contribution in [3.63, 3.8) is 0 Å². The van der Waals surface area contributed by atoms with Gasteiger partial charge in [-0.05, 0) is 38.1 Å². The van der Waals surface area contributed by atoms with E-state index in [9.17, 15) is 13.2 Å². The molecule has 2 aromatic carbocycles. The molecule has 0 bridgehead atoms. The van der Waals surface area contributed by atoms with Crippen molar-refractivity contribution in [3.8, 4) is 0 Å². The number of hydrogen-bond donors (Lipinski definition) is 0. The Morgan fingerprint density at radius 3 is 2.22 bits per heavy atom. The summed E-state index contributed by atoms with van der Waals surface area (Å²) in [5.41, 5.74) is 1.67. The lowest BCUT2D eigenvalue weighted by Crippen LogP contribution is -2.39. The number of carbonyl (C=O) groups is 1. The van der Waals surface area contributed by atoms with Crippen molar-refractivity contribution < 1.29 is 13.2 Å². The quantitative estimate of drug-likeness (QED) is 0.869. The monoisotopic (exact) mass is 330 g/mol. The second kappa shape index (κ2) is 5.70. The maximum Gasteiger partial charge on any atom is 0.338 e. The number of amides is 2. The van der Waals surface area contributed by atoms with Gasteiger partial charge in [0.25, 0.3) is 10.0 Å². The summed E-state index contributed by atoms with van der Waals surface area (Å²) in [5.74, 6) is 0. The van der Waals surface area contributed by atoms with Crippen molar-refractivity contribution >= 4 is 21.7 Å². The van der Waals surface area contributed by atoms with E-state index < -0.39 is 22.1 Å². The summed E-state index contributed by atoms with van der Waals surface area (Å²) in [7, 11) is -3.85. The maximum absolute atomic E-state index is 12.8. The van der Waals surface area contributed by atoms with Gasteiger partial charge in [-0.3, -0.25) is 4.90 Å². The van der Waals surface area contributed by atoms with E-state index in [2.05, 4.69) is 0 Å². The van der Waals surface area contributed by atoms with Crippen LogP contribution in [0.1, 0.15) is 12.5 Å². The zero-order valence-electron chi connectivity index (χ0n) is 13.0. The third-order valence-electron chi connectivity index (χ3n) is 3.91. The Labute approximate surface area is 136 Å². The standard InChI is InChI=1S/C17H18N2O3S/c1-13-8-10-16(11-9-13)23(21,22)19-14(2)12-18(17(19)20)15-6-4-3-5-7-15/h3-11,14H,12H2,1-2H3. The van der Waals surface area contributed by atoms with Gasteiger partial charge in [-0.25, -0.2) is 17.5 Å². The molecule has 120 valence electrons. The smallest absolute Gasteiger partial charge is 0.291 e. The number of carbonyl (C=O) groups excluding carboxylic acids is 1. The van der Waals surface area contributed by atoms with Gasteiger partial charge in [0.15, 0.2) is 0 Å². The highest BCUT2D eigenvalue weighted by Crippen LogP contribution is 2.29. The van der Waals surface area contributed by atoms with Crippen LogP contribution < -0.4 is 4.90 Å². The van der Waals surface area contributed by atoms with Gasteiger partial charge >= 0.3 is 6.03 Å². The fourth-order valence-electron chi connectivity index (χ4n) is 2.71. The molecule has 0 N–H and O–H groups in total. The van der Waals surface area contributed by atoms with E-state index in [0.717, 1.165) is 9.87 Å². The normalized spacial score (nSPS) is 18.5. The Kier molecular flexibility index (Phi) is 3.85. The van der Waals surface area contributed by atoms with Gasteiger partial charge in [-0.15, -0.1) is 0 Å². The van der Waals surface area contributed by atoms with Crippen molar-refractivity contribution in [2.75, 3.05) is 11.4 Å². The molecule has 1 atom stereocenters. The minimum atomic E-state index is -3.85. The number of nitrogens with zero attached hydrogens (tertiary/aromatic N) is 2. The molecule has 1 unspecified atom stereocenters. The molecule has 3 rings (SSSR count). The third-order valence-corrected chi connectivity index (χ3v) is 5.81. The van der Waals surface area contributed by atoms with Crippen molar-refractivity contribution in [1.82, 2.24) is 4.31 Å². The zero-order chi connectivity index (χ0) is 16.6. The Balaban J connectivity index is 1.97. The van der Waals surface area contributed by atoms with E-state index >= 15 is 0 Å². The van der Waals surface area contributed by atoms with Gasteiger partial charge in [0.2, 0.25) is 0 Å². The molecule has 0 radical (unpaired) electrons. The van der Waals surface area contributed by atoms with Crippen molar-refractivity contribution in [3.05, 3.63) is 60.2 Å². The summed E-state index contributed by atoms with van der Waals surface area (Å²) in [6.07, 6.45) is 0. The number of benzene rings is 2. The lowest BCUT2D eigenvalue weighted by Gasteiger charge is -2.20. The number of rotatable bonds is 3. The number of anilines is 1. The molecule has 23 heavy (non-hydrogen) atoms. The highest BCUT2D eigenvalue weighted by molar-refractivity contribution is 7.89. The summed E-state index contributed by atoms with van der Waals surface area (Å²) in [4.78, 5) is 14.3. The lowest BCUT2D eigenvalue weighted by atomic mass is 10.2. The summed E-state index contributed by atoms with van der Waals surface area (Å²) < 4.78 is 26.6. The maximum atomic E-state index is 12.8. The SMILES string of the molecule is Cc1ccc(S(=O)(=O)N2C(=O)N(c3ccccc3)CC2C)cc1. The average molecular weight is 330 g/mol. The van der Waals surface area contributed by atoms with E-state index in [1.165, 1.54) is 17.0 Å². The molecule has 0 saturated carbocycles. The predicted octanol–water partition coefficient (Wildman–Crippen LogP) is 3.01. The number of hydrogen-bond acceptors (Lipinski definition) is 3. The van der Waals surface area contributed by atoms with Crippen LogP contribution in [0.25, 0.3) is 0 Å². The first-order chi connectivity index (χ1) is 10.9. The molecule has 0 spiro atoms. The number of aryl methyl sites for hydroxylation is 1. The third kappa shape index (κ3) is 2.70. The molecule has 0 aromatic heterocycles. The topological polar surface area (TPSA) is 57.7 Å². The summed E-state index contributed by atoms with van der Waals surface area (Å²) in [6, 6.07) is 14.7. The van der Waals surface area contributed by atoms with Crippen LogP contribution in [0, 0.1) is 6.92 Å². The van der Waals surface area contributed by atoms with Gasteiger partial charge in [-0.1, -0.05) is 35.9 Å². The molecule has 2 aromatic rings. The first kappa shape index (κ1) is 15.6. The Morgan fingerprint density at radius 1 is 1.00 bits per heavy atom. The molecule has 6 heteroatoms. The first-order valence-electron chi connectivity index (χ1n) is 7.39. The molecular weight excluding hydrogens is 312 g/mol. The number of sulfonamides is 1. The van der Waals surface area contributed by atoms with E-state index in [1.54, 1.807) is 31.2 Å². The van der Waals surface area contributed by atoms with Crippen LogP contribution in [0.4, 0.5) is 10.5 Å². The van der Waals surface area contributed by atoms with Crippen LogP contribution in [0.3, 0.4) is 0 Å². The molecule has 0 aliphatic carbocycles. The van der Waals surface area contributed by atoms with E-state index in [1.807, 2.05) is 25.1 Å². The highest BCUT2D eigenvalue weighted by atomic mass is 32.2. The minimum Gasteiger partial charge on any atom is -0.291 e. The second-order valence-electron chi connectivity index (χ2n) is 5.69. The van der Waals surface area contributed by atoms with Crippen molar-refractivity contribution in [2.45, 2.75) is 24.8 Å². The van der Waals surface area contributed by atoms with Crippen molar-refractivity contribution in [1.29, 1.82) is 0 Å². The average Bonchev–Trinajstić information content (AvgIpc) is 2.84. The lowest BCUT2D eigenvalue weighted by molar-refractivity contribution is 0.235. The zero-order valence-corrected chi connectivity index (χ0v) is 13.8. The predicted molar refractivity (Wildman–Crippen MR) is 88.8 cm³/mol.